The Balaban J connectivity index is 1.14. The average molecular weight is 542 g/mol. The molecule has 3 aliphatic heterocycles. The first-order chi connectivity index (χ1) is 19.4. The van der Waals surface area contributed by atoms with Crippen molar-refractivity contribution in [3.8, 4) is 0 Å². The fraction of sp³-hybridized carbons (Fsp3) is 0.531. The van der Waals surface area contributed by atoms with Gasteiger partial charge in [-0.3, -0.25) is 9.59 Å². The number of amides is 2. The summed E-state index contributed by atoms with van der Waals surface area (Å²) in [5.41, 5.74) is 4.77. The number of carbonyl (C=O) groups is 2. The molecule has 210 valence electrons. The van der Waals surface area contributed by atoms with Crippen LogP contribution in [0.15, 0.2) is 42.5 Å². The zero-order valence-electron chi connectivity index (χ0n) is 23.3. The van der Waals surface area contributed by atoms with Crippen LogP contribution in [0.3, 0.4) is 0 Å². The van der Waals surface area contributed by atoms with Crippen molar-refractivity contribution >= 4 is 17.5 Å². The third kappa shape index (κ3) is 4.97. The first-order valence-corrected chi connectivity index (χ1v) is 14.7. The van der Waals surface area contributed by atoms with Gasteiger partial charge in [0.2, 0.25) is 6.04 Å². The van der Waals surface area contributed by atoms with E-state index in [1.807, 2.05) is 23.1 Å². The number of piperidine rings is 1. The number of likely N-dealkylation sites (tertiary alicyclic amines) is 1. The predicted octanol–water partition coefficient (Wildman–Crippen LogP) is 3.35. The number of β-amino-alcohol motifs (C(OH)–C–C–N with tert-alkyl or cyclic N) is 1. The molecule has 3 heterocycles. The first-order valence-electron chi connectivity index (χ1n) is 14.7. The maximum atomic E-state index is 13.7. The molecule has 40 heavy (non-hydrogen) atoms. The number of benzene rings is 2. The van der Waals surface area contributed by atoms with Gasteiger partial charge in [0, 0.05) is 70.3 Å². The molecule has 0 unspecified atom stereocenters. The highest BCUT2D eigenvalue weighted by Gasteiger charge is 2.50. The van der Waals surface area contributed by atoms with E-state index in [0.29, 0.717) is 30.8 Å². The van der Waals surface area contributed by atoms with Crippen LogP contribution in [0.5, 0.6) is 0 Å². The summed E-state index contributed by atoms with van der Waals surface area (Å²) in [7, 11) is 0. The van der Waals surface area contributed by atoms with E-state index in [0.717, 1.165) is 57.4 Å². The van der Waals surface area contributed by atoms with Crippen molar-refractivity contribution in [1.29, 1.82) is 0 Å². The van der Waals surface area contributed by atoms with Gasteiger partial charge in [-0.1, -0.05) is 24.3 Å². The second-order valence-electron chi connectivity index (χ2n) is 12.1. The minimum absolute atomic E-state index is 0.0161. The smallest absolute Gasteiger partial charge is 0.256 e. The molecular formula is C32H39N5O3. The fourth-order valence-electron chi connectivity index (χ4n) is 7.15. The highest BCUT2D eigenvalue weighted by atomic mass is 16.3. The molecule has 2 aromatic carbocycles. The Morgan fingerprint density at radius 2 is 1.82 bits per heavy atom. The largest absolute Gasteiger partial charge is 0.390 e. The number of fused-ring (bicyclic) bond motifs is 2. The molecule has 8 heteroatoms. The minimum Gasteiger partial charge on any atom is -0.390 e. The summed E-state index contributed by atoms with van der Waals surface area (Å²) in [5.74, 6) is -0.0816. The molecule has 0 bridgehead atoms. The molecular weight excluding hydrogens is 502 g/mol. The van der Waals surface area contributed by atoms with E-state index >= 15 is 0 Å². The lowest BCUT2D eigenvalue weighted by molar-refractivity contribution is 0.0250. The standard InChI is InChI=1S/C32H39N5O3/c1-3-35-14-15-37(21-29(38)27-16-22-6-4-5-7-24(22)20-34-27)31(40)26-9-8-23(17-28(26)35)30(39)36-12-10-32(11-13-36)18-25(19-32)33-2/h4-9,17,25,27,29,34,38H,3,10-16,18-21H2,1H3/t27-,29-/m1/s1. The minimum atomic E-state index is -0.682. The van der Waals surface area contributed by atoms with Crippen LogP contribution in [-0.4, -0.2) is 84.2 Å². The second kappa shape index (κ2) is 10.9. The number of hydrogen-bond donors (Lipinski definition) is 2. The SMILES string of the molecule is [C-]#[N+]C1CC2(CCN(C(=O)c3ccc4c(c3)N(CC)CCN(C[C@@H](O)[C@H]3Cc5ccccc5CN3)C4=O)CC2)C1. The number of carbonyl (C=O) groups excluding carboxylic acids is 2. The van der Waals surface area contributed by atoms with E-state index in [1.165, 1.54) is 11.1 Å². The summed E-state index contributed by atoms with van der Waals surface area (Å²) in [5, 5.41) is 14.6. The Morgan fingerprint density at radius 3 is 2.55 bits per heavy atom. The normalized spacial score (nSPS) is 23.1. The maximum Gasteiger partial charge on any atom is 0.256 e. The van der Waals surface area contributed by atoms with Crippen molar-refractivity contribution in [2.45, 2.75) is 63.8 Å². The van der Waals surface area contributed by atoms with Crippen LogP contribution >= 0.6 is 0 Å². The van der Waals surface area contributed by atoms with Gasteiger partial charge in [0.15, 0.2) is 0 Å². The Kier molecular flexibility index (Phi) is 7.28. The molecule has 0 aromatic heterocycles. The summed E-state index contributed by atoms with van der Waals surface area (Å²) >= 11 is 0. The summed E-state index contributed by atoms with van der Waals surface area (Å²) in [6.07, 6.45) is 3.93. The van der Waals surface area contributed by atoms with Gasteiger partial charge in [-0.25, -0.2) is 6.57 Å². The highest BCUT2D eigenvalue weighted by molar-refractivity contribution is 6.03. The third-order valence-corrected chi connectivity index (χ3v) is 9.74. The number of anilines is 1. The zero-order chi connectivity index (χ0) is 27.9. The molecule has 2 N–H and O–H groups in total. The Morgan fingerprint density at radius 1 is 1.10 bits per heavy atom. The van der Waals surface area contributed by atoms with Crippen molar-refractivity contribution in [2.24, 2.45) is 5.41 Å². The Bertz CT molecular complexity index is 1320. The average Bonchev–Trinajstić information content (AvgIpc) is 3.10. The Labute approximate surface area is 236 Å². The topological polar surface area (TPSA) is 80.5 Å². The molecule has 4 aliphatic rings. The van der Waals surface area contributed by atoms with Crippen molar-refractivity contribution in [3.63, 3.8) is 0 Å². The third-order valence-electron chi connectivity index (χ3n) is 9.74. The van der Waals surface area contributed by atoms with Crippen LogP contribution in [0, 0.1) is 12.0 Å². The molecule has 1 aliphatic carbocycles. The van der Waals surface area contributed by atoms with Gasteiger partial charge in [-0.2, -0.15) is 0 Å². The lowest BCUT2D eigenvalue weighted by atomic mass is 9.60. The summed E-state index contributed by atoms with van der Waals surface area (Å²) < 4.78 is 0. The summed E-state index contributed by atoms with van der Waals surface area (Å²) in [6, 6.07) is 13.8. The van der Waals surface area contributed by atoms with Crippen LogP contribution in [0.1, 0.15) is 64.4 Å². The second-order valence-corrected chi connectivity index (χ2v) is 12.1. The number of rotatable bonds is 5. The molecule has 2 aromatic rings. The lowest BCUT2D eigenvalue weighted by Gasteiger charge is -2.47. The molecule has 2 fully saturated rings. The molecule has 1 spiro atoms. The van der Waals surface area contributed by atoms with Gasteiger partial charge in [0.25, 0.3) is 11.8 Å². The number of nitrogens with zero attached hydrogens (tertiary/aromatic N) is 4. The van der Waals surface area contributed by atoms with Gasteiger partial charge in [0.05, 0.1) is 17.4 Å². The van der Waals surface area contributed by atoms with Gasteiger partial charge < -0.3 is 30.0 Å². The number of aliphatic hydroxyl groups excluding tert-OH is 1. The summed E-state index contributed by atoms with van der Waals surface area (Å²) in [6.45, 7) is 13.6. The molecule has 1 saturated carbocycles. The van der Waals surface area contributed by atoms with Gasteiger partial charge >= 0.3 is 0 Å². The van der Waals surface area contributed by atoms with Gasteiger partial charge in [0.1, 0.15) is 0 Å². The molecule has 2 amide bonds. The van der Waals surface area contributed by atoms with Crippen molar-refractivity contribution in [3.05, 3.63) is 76.1 Å². The zero-order valence-corrected chi connectivity index (χ0v) is 23.3. The van der Waals surface area contributed by atoms with Crippen LogP contribution in [0.4, 0.5) is 5.69 Å². The van der Waals surface area contributed by atoms with Crippen LogP contribution in [0.25, 0.3) is 4.85 Å². The van der Waals surface area contributed by atoms with E-state index in [-0.39, 0.29) is 35.9 Å². The van der Waals surface area contributed by atoms with E-state index in [2.05, 4.69) is 34.1 Å². The maximum absolute atomic E-state index is 13.7. The van der Waals surface area contributed by atoms with E-state index in [1.54, 1.807) is 17.0 Å². The molecule has 1 saturated heterocycles. The number of aliphatic hydroxyl groups is 1. The van der Waals surface area contributed by atoms with Crippen molar-refractivity contribution in [1.82, 2.24) is 15.1 Å². The monoisotopic (exact) mass is 541 g/mol. The number of likely N-dealkylation sites (N-methyl/N-ethyl adjacent to an activating group) is 1. The van der Waals surface area contributed by atoms with Crippen molar-refractivity contribution in [2.75, 3.05) is 44.2 Å². The van der Waals surface area contributed by atoms with E-state index < -0.39 is 6.10 Å². The predicted molar refractivity (Wildman–Crippen MR) is 154 cm³/mol. The molecule has 6 rings (SSSR count). The van der Waals surface area contributed by atoms with E-state index in [9.17, 15) is 14.7 Å². The number of nitrogens with one attached hydrogen (secondary N) is 1. The van der Waals surface area contributed by atoms with E-state index in [4.69, 9.17) is 6.57 Å². The van der Waals surface area contributed by atoms with Crippen LogP contribution < -0.4 is 10.2 Å². The summed E-state index contributed by atoms with van der Waals surface area (Å²) in [4.78, 5) is 36.7. The van der Waals surface area contributed by atoms with Crippen LogP contribution in [-0.2, 0) is 13.0 Å². The first kappa shape index (κ1) is 26.8. The molecule has 0 radical (unpaired) electrons. The van der Waals surface area contributed by atoms with Gasteiger partial charge in [-0.15, -0.1) is 0 Å². The van der Waals surface area contributed by atoms with Crippen LogP contribution in [0.2, 0.25) is 0 Å². The lowest BCUT2D eigenvalue weighted by Crippen LogP contribution is -2.50. The quantitative estimate of drug-likeness (QED) is 0.568. The highest BCUT2D eigenvalue weighted by Crippen LogP contribution is 2.50. The van der Waals surface area contributed by atoms with Crippen molar-refractivity contribution < 1.29 is 14.7 Å². The fourth-order valence-corrected chi connectivity index (χ4v) is 7.15. The molecule has 2 atom stereocenters. The molecule has 8 nitrogen and oxygen atoms in total. The Hall–Kier alpha value is -3.41. The number of hydrogen-bond acceptors (Lipinski definition) is 5. The van der Waals surface area contributed by atoms with Gasteiger partial charge in [-0.05, 0) is 60.9 Å².